The van der Waals surface area contributed by atoms with E-state index in [4.69, 9.17) is 0 Å². The molecule has 0 heterocycles. The van der Waals surface area contributed by atoms with Gasteiger partial charge in [0.05, 0.1) is 13.0 Å². The molecule has 0 aromatic heterocycles. The summed E-state index contributed by atoms with van der Waals surface area (Å²) in [6.07, 6.45) is 0.609. The molecule has 0 spiro atoms. The zero-order valence-electron chi connectivity index (χ0n) is 17.0. The molecule has 0 unspecified atom stereocenters. The third kappa shape index (κ3) is 6.01. The van der Waals surface area contributed by atoms with E-state index in [1.54, 1.807) is 24.0 Å². The molecule has 0 saturated heterocycles. The number of rotatable bonds is 8. The van der Waals surface area contributed by atoms with Crippen molar-refractivity contribution >= 4 is 17.5 Å². The standard InChI is InChI=1S/C25H25FN2O2/c1-2-25(30)28(18-21-9-6-10-22(26)15-21)23-13-11-19(12-14-23)16-24(29)27-17-20-7-4-3-5-8-20/h3-15H,2,16-18H2,1H3,(H,27,29). The summed E-state index contributed by atoms with van der Waals surface area (Å²) < 4.78 is 13.5. The van der Waals surface area contributed by atoms with Gasteiger partial charge in [-0.3, -0.25) is 9.59 Å². The Hall–Kier alpha value is -3.47. The number of carbonyl (C=O) groups excluding carboxylic acids is 2. The second-order valence-electron chi connectivity index (χ2n) is 7.07. The van der Waals surface area contributed by atoms with Crippen LogP contribution in [0, 0.1) is 5.82 Å². The summed E-state index contributed by atoms with van der Waals surface area (Å²) in [6.45, 7) is 2.58. The molecule has 0 aliphatic carbocycles. The highest BCUT2D eigenvalue weighted by Crippen LogP contribution is 2.20. The van der Waals surface area contributed by atoms with Gasteiger partial charge in [0.2, 0.25) is 11.8 Å². The number of hydrogen-bond donors (Lipinski definition) is 1. The summed E-state index contributed by atoms with van der Waals surface area (Å²) in [5.74, 6) is -0.436. The average molecular weight is 404 g/mol. The van der Waals surface area contributed by atoms with Crippen LogP contribution in [0.4, 0.5) is 10.1 Å². The molecule has 30 heavy (non-hydrogen) atoms. The van der Waals surface area contributed by atoms with Gasteiger partial charge in [-0.1, -0.05) is 61.5 Å². The molecule has 4 nitrogen and oxygen atoms in total. The number of amides is 2. The van der Waals surface area contributed by atoms with Gasteiger partial charge in [-0.05, 0) is 41.0 Å². The van der Waals surface area contributed by atoms with Crippen molar-refractivity contribution in [3.05, 3.63) is 101 Å². The Morgan fingerprint density at radius 3 is 2.23 bits per heavy atom. The highest BCUT2D eigenvalue weighted by molar-refractivity contribution is 5.93. The SMILES string of the molecule is CCC(=O)N(Cc1cccc(F)c1)c1ccc(CC(=O)NCc2ccccc2)cc1. The lowest BCUT2D eigenvalue weighted by atomic mass is 10.1. The Balaban J connectivity index is 1.64. The van der Waals surface area contributed by atoms with E-state index >= 15 is 0 Å². The van der Waals surface area contributed by atoms with Crippen molar-refractivity contribution in [2.75, 3.05) is 4.90 Å². The van der Waals surface area contributed by atoms with Crippen molar-refractivity contribution in [2.45, 2.75) is 32.9 Å². The van der Waals surface area contributed by atoms with E-state index in [1.165, 1.54) is 12.1 Å². The van der Waals surface area contributed by atoms with E-state index in [1.807, 2.05) is 54.6 Å². The highest BCUT2D eigenvalue weighted by Gasteiger charge is 2.15. The summed E-state index contributed by atoms with van der Waals surface area (Å²) in [7, 11) is 0. The predicted octanol–water partition coefficient (Wildman–Crippen LogP) is 4.63. The largest absolute Gasteiger partial charge is 0.352 e. The molecule has 3 aromatic rings. The average Bonchev–Trinajstić information content (AvgIpc) is 2.77. The summed E-state index contributed by atoms with van der Waals surface area (Å²) in [5, 5.41) is 2.91. The molecule has 3 rings (SSSR count). The molecule has 0 atom stereocenters. The van der Waals surface area contributed by atoms with Gasteiger partial charge >= 0.3 is 0 Å². The van der Waals surface area contributed by atoms with Gasteiger partial charge in [-0.25, -0.2) is 4.39 Å². The van der Waals surface area contributed by atoms with Crippen LogP contribution in [-0.2, 0) is 29.1 Å². The zero-order chi connectivity index (χ0) is 21.3. The summed E-state index contributed by atoms with van der Waals surface area (Å²) >= 11 is 0. The summed E-state index contributed by atoms with van der Waals surface area (Å²) in [6, 6.07) is 23.3. The van der Waals surface area contributed by atoms with Crippen LogP contribution in [0.1, 0.15) is 30.0 Å². The molecule has 0 aliphatic heterocycles. The van der Waals surface area contributed by atoms with Crippen LogP contribution < -0.4 is 10.2 Å². The third-order valence-electron chi connectivity index (χ3n) is 4.78. The number of halogens is 1. The van der Waals surface area contributed by atoms with Crippen molar-refractivity contribution in [1.29, 1.82) is 0 Å². The summed E-state index contributed by atoms with van der Waals surface area (Å²) in [4.78, 5) is 26.3. The summed E-state index contributed by atoms with van der Waals surface area (Å²) in [5.41, 5.74) is 3.35. The first-order chi connectivity index (χ1) is 14.5. The second kappa shape index (κ2) is 10.3. The maximum Gasteiger partial charge on any atom is 0.227 e. The van der Waals surface area contributed by atoms with Gasteiger partial charge in [0, 0.05) is 18.7 Å². The molecule has 0 fully saturated rings. The molecule has 5 heteroatoms. The Labute approximate surface area is 176 Å². The molecule has 1 N–H and O–H groups in total. The minimum Gasteiger partial charge on any atom is -0.352 e. The van der Waals surface area contributed by atoms with Gasteiger partial charge in [-0.2, -0.15) is 0 Å². The minimum atomic E-state index is -0.326. The van der Waals surface area contributed by atoms with Crippen molar-refractivity contribution in [2.24, 2.45) is 0 Å². The Morgan fingerprint density at radius 2 is 1.57 bits per heavy atom. The topological polar surface area (TPSA) is 49.4 Å². The van der Waals surface area contributed by atoms with Crippen molar-refractivity contribution in [3.63, 3.8) is 0 Å². The molecule has 3 aromatic carbocycles. The number of nitrogens with zero attached hydrogens (tertiary/aromatic N) is 1. The first-order valence-corrected chi connectivity index (χ1v) is 9.99. The Morgan fingerprint density at radius 1 is 0.867 bits per heavy atom. The monoisotopic (exact) mass is 404 g/mol. The van der Waals surface area contributed by atoms with E-state index in [-0.39, 0.29) is 24.1 Å². The Kier molecular flexibility index (Phi) is 7.33. The van der Waals surface area contributed by atoms with Crippen LogP contribution in [0.5, 0.6) is 0 Å². The number of nitrogens with one attached hydrogen (secondary N) is 1. The van der Waals surface area contributed by atoms with Gasteiger partial charge in [-0.15, -0.1) is 0 Å². The maximum absolute atomic E-state index is 13.5. The van der Waals surface area contributed by atoms with Crippen molar-refractivity contribution in [1.82, 2.24) is 5.32 Å². The van der Waals surface area contributed by atoms with Gasteiger partial charge in [0.1, 0.15) is 5.82 Å². The predicted molar refractivity (Wildman–Crippen MR) is 116 cm³/mol. The highest BCUT2D eigenvalue weighted by atomic mass is 19.1. The smallest absolute Gasteiger partial charge is 0.227 e. The quantitative estimate of drug-likeness (QED) is 0.595. The zero-order valence-corrected chi connectivity index (χ0v) is 17.0. The Bertz CT molecular complexity index is 988. The van der Waals surface area contributed by atoms with E-state index < -0.39 is 0 Å². The molecule has 0 saturated carbocycles. The first kappa shape index (κ1) is 21.2. The third-order valence-corrected chi connectivity index (χ3v) is 4.78. The molecular formula is C25H25FN2O2. The second-order valence-corrected chi connectivity index (χ2v) is 7.07. The van der Waals surface area contributed by atoms with E-state index in [9.17, 15) is 14.0 Å². The van der Waals surface area contributed by atoms with E-state index in [2.05, 4.69) is 5.32 Å². The molecule has 0 radical (unpaired) electrons. The molecule has 2 amide bonds. The number of anilines is 1. The van der Waals surface area contributed by atoms with Crippen LogP contribution >= 0.6 is 0 Å². The molecular weight excluding hydrogens is 379 g/mol. The van der Waals surface area contributed by atoms with Gasteiger partial charge in [0.15, 0.2) is 0 Å². The maximum atomic E-state index is 13.5. The van der Waals surface area contributed by atoms with E-state index in [0.29, 0.717) is 19.5 Å². The normalized spacial score (nSPS) is 10.5. The molecule has 0 aliphatic rings. The fourth-order valence-electron chi connectivity index (χ4n) is 3.17. The van der Waals surface area contributed by atoms with Crippen molar-refractivity contribution in [3.8, 4) is 0 Å². The molecule has 0 bridgehead atoms. The molecule has 154 valence electrons. The fraction of sp³-hybridized carbons (Fsp3) is 0.200. The number of carbonyl (C=O) groups is 2. The van der Waals surface area contributed by atoms with Crippen LogP contribution in [0.25, 0.3) is 0 Å². The lowest BCUT2D eigenvalue weighted by Crippen LogP contribution is -2.29. The minimum absolute atomic E-state index is 0.0485. The van der Waals surface area contributed by atoms with Crippen LogP contribution in [-0.4, -0.2) is 11.8 Å². The van der Waals surface area contributed by atoms with Crippen LogP contribution in [0.15, 0.2) is 78.9 Å². The van der Waals surface area contributed by atoms with Gasteiger partial charge in [0.25, 0.3) is 0 Å². The van der Waals surface area contributed by atoms with E-state index in [0.717, 1.165) is 22.4 Å². The van der Waals surface area contributed by atoms with Crippen molar-refractivity contribution < 1.29 is 14.0 Å². The van der Waals surface area contributed by atoms with Crippen LogP contribution in [0.2, 0.25) is 0 Å². The number of hydrogen-bond acceptors (Lipinski definition) is 2. The van der Waals surface area contributed by atoms with Gasteiger partial charge < -0.3 is 10.2 Å². The number of benzene rings is 3. The van der Waals surface area contributed by atoms with Crippen LogP contribution in [0.3, 0.4) is 0 Å². The fourth-order valence-corrected chi connectivity index (χ4v) is 3.17. The lowest BCUT2D eigenvalue weighted by molar-refractivity contribution is -0.120. The first-order valence-electron chi connectivity index (χ1n) is 9.99. The lowest BCUT2D eigenvalue weighted by Gasteiger charge is -2.23.